The molecule has 0 spiro atoms. The molecule has 0 saturated heterocycles. The molecule has 94 heavy (non-hydrogen) atoms. The van der Waals surface area contributed by atoms with Crippen molar-refractivity contribution in [2.24, 2.45) is 0 Å². The van der Waals surface area contributed by atoms with Crippen LogP contribution in [0.1, 0.15) is 0 Å². The fraction of sp³-hybridized carbons (Fsp3) is 0. The predicted molar refractivity (Wildman–Crippen MR) is 396 cm³/mol. The summed E-state index contributed by atoms with van der Waals surface area (Å²) < 4.78 is 13.5. The Morgan fingerprint density at radius 1 is 0.149 bits per heavy atom. The molecule has 0 aromatic heterocycles. The van der Waals surface area contributed by atoms with Crippen molar-refractivity contribution >= 4 is 86.2 Å². The second-order valence-corrected chi connectivity index (χ2v) is 25.2. The smallest absolute Gasteiger partial charge is 0.136 e. The van der Waals surface area contributed by atoms with Gasteiger partial charge in [-0.05, 0) is 213 Å². The molecule has 2 heteroatoms. The van der Waals surface area contributed by atoms with Crippen LogP contribution in [-0.2, 0) is 0 Å². The first kappa shape index (κ1) is 52.4. The molecule has 0 bridgehead atoms. The molecule has 18 aromatic rings. The van der Waals surface area contributed by atoms with Crippen LogP contribution in [0.15, 0.2) is 328 Å². The Balaban J connectivity index is 0.658. The third kappa shape index (κ3) is 7.90. The van der Waals surface area contributed by atoms with Crippen LogP contribution in [0.5, 0.6) is 23.0 Å². The molecule has 0 radical (unpaired) electrons. The standard InChI is InChI=1S/C92H54O2/c1-2-20-56(21-3-1)63-45-47-79(67-26-6-4-24-65(63)67)91-74-33-12-8-29-70(74)87(71-30-9-13-34-75(71)91)60-44-49-84-81(52-60)78-37-18-22-58-50-61(54-86(94-84)89(58)78)55-40-42-57(43-41-55)64-46-48-80(68-27-7-5-25-66(64)68)92-76-35-14-10-31-72(76)88(73-32-11-15-36-77(73)92)62-51-59-23-19-39-85-90(59)82(53-62)69-28-16-17-38-83(69)93-85/h1-54H. The number of fused-ring (bicyclic) bond motifs is 10. The van der Waals surface area contributed by atoms with E-state index in [1.807, 2.05) is 0 Å². The van der Waals surface area contributed by atoms with Crippen LogP contribution in [0.3, 0.4) is 0 Å². The molecule has 2 aliphatic rings. The van der Waals surface area contributed by atoms with E-state index in [1.54, 1.807) is 0 Å². The zero-order valence-corrected chi connectivity index (χ0v) is 51.0. The van der Waals surface area contributed by atoms with E-state index < -0.39 is 0 Å². The molecule has 0 atom stereocenters. The van der Waals surface area contributed by atoms with E-state index in [4.69, 9.17) is 9.47 Å². The first-order valence-electron chi connectivity index (χ1n) is 32.4. The molecule has 2 aliphatic heterocycles. The van der Waals surface area contributed by atoms with Crippen LogP contribution in [0.25, 0.3) is 186 Å². The zero-order chi connectivity index (χ0) is 61.5. The first-order valence-corrected chi connectivity index (χ1v) is 32.4. The number of rotatable bonds is 7. The van der Waals surface area contributed by atoms with Crippen molar-refractivity contribution in [1.29, 1.82) is 0 Å². The number of hydrogen-bond donors (Lipinski definition) is 0. The lowest BCUT2D eigenvalue weighted by atomic mass is 9.82. The van der Waals surface area contributed by atoms with Gasteiger partial charge in [-0.3, -0.25) is 0 Å². The molecule has 434 valence electrons. The third-order valence-electron chi connectivity index (χ3n) is 20.2. The summed E-state index contributed by atoms with van der Waals surface area (Å²) in [6, 6.07) is 121. The third-order valence-corrected chi connectivity index (χ3v) is 20.2. The van der Waals surface area contributed by atoms with Crippen molar-refractivity contribution in [3.63, 3.8) is 0 Å². The summed E-state index contributed by atoms with van der Waals surface area (Å²) in [5.41, 5.74) is 21.4. The molecule has 20 rings (SSSR count). The number of benzene rings is 18. The lowest BCUT2D eigenvalue weighted by Gasteiger charge is -2.24. The minimum absolute atomic E-state index is 0.855. The van der Waals surface area contributed by atoms with Crippen molar-refractivity contribution < 1.29 is 9.47 Å². The summed E-state index contributed by atoms with van der Waals surface area (Å²) in [6.07, 6.45) is 0. The van der Waals surface area contributed by atoms with Gasteiger partial charge in [-0.1, -0.05) is 279 Å². The minimum Gasteiger partial charge on any atom is -0.456 e. The van der Waals surface area contributed by atoms with Gasteiger partial charge in [0.1, 0.15) is 23.0 Å². The highest BCUT2D eigenvalue weighted by atomic mass is 16.5. The minimum atomic E-state index is 0.855. The van der Waals surface area contributed by atoms with Crippen molar-refractivity contribution in [3.05, 3.63) is 328 Å². The van der Waals surface area contributed by atoms with E-state index in [1.165, 1.54) is 142 Å². The summed E-state index contributed by atoms with van der Waals surface area (Å²) in [6.45, 7) is 0. The van der Waals surface area contributed by atoms with E-state index in [2.05, 4.69) is 328 Å². The lowest BCUT2D eigenvalue weighted by molar-refractivity contribution is 0.487. The maximum Gasteiger partial charge on any atom is 0.136 e. The molecule has 0 saturated carbocycles. The second-order valence-electron chi connectivity index (χ2n) is 25.2. The summed E-state index contributed by atoms with van der Waals surface area (Å²) in [5.74, 6) is 3.51. The predicted octanol–water partition coefficient (Wildman–Crippen LogP) is 26.1. The summed E-state index contributed by atoms with van der Waals surface area (Å²) in [5, 5.41) is 19.3. The van der Waals surface area contributed by atoms with Gasteiger partial charge in [0.2, 0.25) is 0 Å². The van der Waals surface area contributed by atoms with Gasteiger partial charge in [0.05, 0.1) is 0 Å². The Morgan fingerprint density at radius 2 is 0.521 bits per heavy atom. The van der Waals surface area contributed by atoms with Gasteiger partial charge >= 0.3 is 0 Å². The molecule has 0 N–H and O–H groups in total. The Kier molecular flexibility index (Phi) is 11.5. The van der Waals surface area contributed by atoms with Gasteiger partial charge in [-0.2, -0.15) is 0 Å². The van der Waals surface area contributed by atoms with E-state index >= 15 is 0 Å². The highest BCUT2D eigenvalue weighted by Crippen LogP contribution is 2.55. The summed E-state index contributed by atoms with van der Waals surface area (Å²) in [7, 11) is 0. The highest BCUT2D eigenvalue weighted by Gasteiger charge is 2.27. The van der Waals surface area contributed by atoms with Crippen molar-refractivity contribution in [2.45, 2.75) is 0 Å². The molecule has 0 unspecified atom stereocenters. The van der Waals surface area contributed by atoms with E-state index in [0.717, 1.165) is 67.0 Å². The molecule has 2 nitrogen and oxygen atoms in total. The number of para-hydroxylation sites is 1. The summed E-state index contributed by atoms with van der Waals surface area (Å²) in [4.78, 5) is 0. The summed E-state index contributed by atoms with van der Waals surface area (Å²) >= 11 is 0. The van der Waals surface area contributed by atoms with Gasteiger partial charge in [-0.15, -0.1) is 0 Å². The van der Waals surface area contributed by atoms with E-state index in [-0.39, 0.29) is 0 Å². The normalized spacial score (nSPS) is 12.2. The monoisotopic (exact) mass is 1190 g/mol. The molecule has 0 amide bonds. The maximum atomic E-state index is 7.05. The molecular weight excluding hydrogens is 1140 g/mol. The largest absolute Gasteiger partial charge is 0.456 e. The van der Waals surface area contributed by atoms with Crippen LogP contribution < -0.4 is 9.47 Å². The zero-order valence-electron chi connectivity index (χ0n) is 51.0. The van der Waals surface area contributed by atoms with E-state index in [9.17, 15) is 0 Å². The van der Waals surface area contributed by atoms with Gasteiger partial charge < -0.3 is 9.47 Å². The highest BCUT2D eigenvalue weighted by molar-refractivity contribution is 6.27. The van der Waals surface area contributed by atoms with Crippen molar-refractivity contribution in [3.8, 4) is 123 Å². The number of hydrogen-bond acceptors (Lipinski definition) is 2. The molecule has 0 aliphatic carbocycles. The van der Waals surface area contributed by atoms with Crippen LogP contribution in [0.4, 0.5) is 0 Å². The first-order chi connectivity index (χ1) is 46.6. The SMILES string of the molecule is c1ccc(-c2ccc(-c3c4ccccc4c(-c4ccc5c(c4)-c4cccc6cc(-c7ccc(-c8ccc(-c9c%10ccccc%10c(-c%10cc%11c%12c(cccc%12c%10)Oc%10ccccc%10-%11)c%10ccccc9%10)c9ccccc89)cc7)cc(c46)O5)c4ccccc34)c3ccccc23)cc1. The van der Waals surface area contributed by atoms with Crippen LogP contribution >= 0.6 is 0 Å². The average Bonchev–Trinajstić information content (AvgIpc) is 0.728. The fourth-order valence-electron chi connectivity index (χ4n) is 16.2. The Labute approximate surface area is 543 Å². The van der Waals surface area contributed by atoms with Gasteiger partial charge in [-0.25, -0.2) is 0 Å². The van der Waals surface area contributed by atoms with Crippen LogP contribution in [0, 0.1) is 0 Å². The lowest BCUT2D eigenvalue weighted by Crippen LogP contribution is -1.98. The molecule has 2 heterocycles. The number of ether oxygens (including phenoxy) is 2. The fourth-order valence-corrected chi connectivity index (χ4v) is 16.2. The van der Waals surface area contributed by atoms with E-state index in [0.29, 0.717) is 0 Å². The second kappa shape index (κ2) is 20.6. The van der Waals surface area contributed by atoms with Gasteiger partial charge in [0, 0.05) is 21.9 Å². The topological polar surface area (TPSA) is 18.5 Å². The molecular formula is C92H54O2. The Hall–Kier alpha value is -12.4. The van der Waals surface area contributed by atoms with Crippen LogP contribution in [0.2, 0.25) is 0 Å². The quantitative estimate of drug-likeness (QED) is 0.148. The van der Waals surface area contributed by atoms with Gasteiger partial charge in [0.25, 0.3) is 0 Å². The molecule has 18 aromatic carbocycles. The van der Waals surface area contributed by atoms with Crippen molar-refractivity contribution in [2.75, 3.05) is 0 Å². The molecule has 0 fully saturated rings. The van der Waals surface area contributed by atoms with Gasteiger partial charge in [0.15, 0.2) is 0 Å². The van der Waals surface area contributed by atoms with Crippen molar-refractivity contribution in [1.82, 2.24) is 0 Å². The maximum absolute atomic E-state index is 7.05. The Bertz CT molecular complexity index is 6160. The Morgan fingerprint density at radius 3 is 1.10 bits per heavy atom. The van der Waals surface area contributed by atoms with Crippen LogP contribution in [-0.4, -0.2) is 0 Å². The average molecular weight is 1190 g/mol.